The predicted molar refractivity (Wildman–Crippen MR) is 304 cm³/mol. The van der Waals surface area contributed by atoms with Crippen molar-refractivity contribution in [2.75, 3.05) is 56.6 Å². The summed E-state index contributed by atoms with van der Waals surface area (Å²) in [6, 6.07) is 18.2. The molecule has 4 aromatic carbocycles. The summed E-state index contributed by atoms with van der Waals surface area (Å²) < 4.78 is 22.8. The average molecular weight is 1050 g/mol. The van der Waals surface area contributed by atoms with E-state index in [9.17, 15) is 0 Å². The number of benzene rings is 4. The molecule has 0 aliphatic heterocycles. The minimum atomic E-state index is -0.933. The van der Waals surface area contributed by atoms with E-state index >= 15 is 0 Å². The van der Waals surface area contributed by atoms with Gasteiger partial charge in [-0.1, -0.05) is 22.9 Å². The standard InChI is InChI=1S/2C32H34NO2P.Fe/c2*1-21-17-26(18-22(2)31(21)34-7)36(27-19-23(3)32(35-8)24(4)20-27)29-16-12-15-28(29)30(33(5)6)25-13-10-9-11-14-25;/h2*9-11,13-14,17-20,30H,1-8H3;/q2*-1;+2/t2*30-;/m00./s1. The Morgan fingerprint density at radius 2 is 0.685 bits per heavy atom. The fraction of sp³-hybridized carbons (Fsp3) is 0.281. The molecule has 2 radical (unpaired) electrons. The maximum atomic E-state index is 5.69. The van der Waals surface area contributed by atoms with Gasteiger partial charge in [-0.2, -0.15) is 49.3 Å². The molecule has 0 spiro atoms. The molecular formula is C64H68FeN2O4P2. The maximum Gasteiger partial charge on any atom is 2.00 e. The van der Waals surface area contributed by atoms with Crippen LogP contribution >= 0.6 is 15.8 Å². The van der Waals surface area contributed by atoms with Gasteiger partial charge in [-0.05, 0) is 225 Å². The van der Waals surface area contributed by atoms with Crippen molar-refractivity contribution in [2.45, 2.75) is 67.5 Å². The maximum absolute atomic E-state index is 5.69. The number of likely N-dealkylation sites (N-methyl/N-ethyl adjacent to an activating group) is 2. The van der Waals surface area contributed by atoms with Crippen LogP contribution in [0.3, 0.4) is 0 Å². The summed E-state index contributed by atoms with van der Waals surface area (Å²) in [5.74, 6) is 3.76. The van der Waals surface area contributed by atoms with Gasteiger partial charge in [0, 0.05) is 33.9 Å². The van der Waals surface area contributed by atoms with Gasteiger partial charge in [0.25, 0.3) is 0 Å². The molecule has 0 aromatic heterocycles. The molecule has 0 fully saturated rings. The first kappa shape index (κ1) is 56.5. The van der Waals surface area contributed by atoms with Crippen LogP contribution in [0.15, 0.2) is 152 Å². The molecule has 0 N–H and O–H groups in total. The van der Waals surface area contributed by atoms with Gasteiger partial charge < -0.3 is 18.9 Å². The second-order valence-corrected chi connectivity index (χ2v) is 23.3. The van der Waals surface area contributed by atoms with Crippen LogP contribution in [0.1, 0.15) is 44.5 Å². The van der Waals surface area contributed by atoms with Crippen LogP contribution in [0.4, 0.5) is 0 Å². The van der Waals surface area contributed by atoms with Crippen LogP contribution < -0.4 is 40.2 Å². The smallest absolute Gasteiger partial charge is 0.496 e. The number of hydrogen-bond acceptors (Lipinski definition) is 6. The van der Waals surface area contributed by atoms with Crippen molar-refractivity contribution < 1.29 is 36.0 Å². The molecule has 4 aromatic rings. The Labute approximate surface area is 449 Å². The van der Waals surface area contributed by atoms with Crippen molar-refractivity contribution in [2.24, 2.45) is 0 Å². The second-order valence-electron chi connectivity index (χ2n) is 19.0. The summed E-state index contributed by atoms with van der Waals surface area (Å²) in [6.45, 7) is 17.0. The van der Waals surface area contributed by atoms with Crippen molar-refractivity contribution in [3.05, 3.63) is 222 Å². The summed E-state index contributed by atoms with van der Waals surface area (Å²) in [5.41, 5.74) is 34.1. The first-order chi connectivity index (χ1) is 34.5. The van der Waals surface area contributed by atoms with E-state index in [-0.39, 0.29) is 29.2 Å². The third-order valence-electron chi connectivity index (χ3n) is 13.2. The van der Waals surface area contributed by atoms with Crippen LogP contribution in [0.5, 0.6) is 23.0 Å². The largest absolute Gasteiger partial charge is 2.00 e. The number of rotatable bonds is 16. The summed E-state index contributed by atoms with van der Waals surface area (Å²) >= 11 is 0. The second kappa shape index (κ2) is 25.0. The van der Waals surface area contributed by atoms with E-state index in [1.807, 2.05) is 0 Å². The van der Waals surface area contributed by atoms with E-state index in [2.05, 4.69) is 238 Å². The summed E-state index contributed by atoms with van der Waals surface area (Å²) in [6.07, 6.45) is 21.2. The van der Waals surface area contributed by atoms with Gasteiger partial charge >= 0.3 is 17.1 Å². The molecule has 8 rings (SSSR count). The van der Waals surface area contributed by atoms with E-state index < -0.39 is 15.8 Å². The Kier molecular flexibility index (Phi) is 19.3. The van der Waals surface area contributed by atoms with Gasteiger partial charge in [0.1, 0.15) is 23.0 Å². The number of methoxy groups -OCH3 is 4. The third-order valence-corrected chi connectivity index (χ3v) is 17.9. The average Bonchev–Trinajstić information content (AvgIpc) is 4.00. The van der Waals surface area contributed by atoms with Gasteiger partial charge in [-0.3, -0.25) is 9.80 Å². The molecule has 0 saturated heterocycles. The predicted octanol–water partition coefficient (Wildman–Crippen LogP) is 11.9. The van der Waals surface area contributed by atoms with E-state index in [4.69, 9.17) is 18.9 Å². The number of ether oxygens (including phenoxy) is 4. The Hall–Kier alpha value is -5.76. The molecule has 6 nitrogen and oxygen atoms in total. The fourth-order valence-electron chi connectivity index (χ4n) is 10.4. The van der Waals surface area contributed by atoms with Crippen molar-refractivity contribution in [1.82, 2.24) is 9.80 Å². The van der Waals surface area contributed by atoms with Crippen molar-refractivity contribution in [3.63, 3.8) is 0 Å². The van der Waals surface area contributed by atoms with E-state index in [1.54, 1.807) is 28.4 Å². The zero-order chi connectivity index (χ0) is 52.0. The molecular weight excluding hydrogens is 979 g/mol. The first-order valence-corrected chi connectivity index (χ1v) is 26.9. The van der Waals surface area contributed by atoms with Crippen LogP contribution in [0, 0.1) is 81.1 Å². The van der Waals surface area contributed by atoms with E-state index in [1.165, 1.54) is 32.4 Å². The number of hydrogen-bond donors (Lipinski definition) is 0. The van der Waals surface area contributed by atoms with Crippen LogP contribution in [-0.2, 0) is 17.1 Å². The number of nitrogens with zero attached hydrogens (tertiary/aromatic N) is 2. The molecule has 376 valence electrons. The minimum absolute atomic E-state index is 0. The third kappa shape index (κ3) is 12.1. The fourth-order valence-corrected chi connectivity index (χ4v) is 15.7. The van der Waals surface area contributed by atoms with Gasteiger partial charge in [0.2, 0.25) is 0 Å². The molecule has 0 heterocycles. The van der Waals surface area contributed by atoms with Crippen molar-refractivity contribution in [1.29, 1.82) is 0 Å². The molecule has 2 atom stereocenters. The Balaban J connectivity index is 0.000000235. The molecule has 0 bridgehead atoms. The molecule has 0 unspecified atom stereocenters. The Bertz CT molecular complexity index is 2790. The van der Waals surface area contributed by atoms with Gasteiger partial charge in [0.15, 0.2) is 0 Å². The van der Waals surface area contributed by atoms with Crippen LogP contribution in [0.2, 0.25) is 0 Å². The zero-order valence-corrected chi connectivity index (χ0v) is 48.2. The zero-order valence-electron chi connectivity index (χ0n) is 45.3. The quantitative estimate of drug-likeness (QED) is 0.0482. The van der Waals surface area contributed by atoms with Gasteiger partial charge in [0.05, 0.1) is 28.4 Å². The number of aryl methyl sites for hydroxylation is 8. The molecule has 0 amide bonds. The van der Waals surface area contributed by atoms with Crippen LogP contribution in [-0.4, -0.2) is 78.5 Å². The summed E-state index contributed by atoms with van der Waals surface area (Å²) in [7, 11) is 13.6. The van der Waals surface area contributed by atoms with Gasteiger partial charge in [-0.15, -0.1) is 24.0 Å². The molecule has 0 saturated carbocycles. The van der Waals surface area contributed by atoms with E-state index in [0.717, 1.165) is 89.3 Å². The molecule has 4 aliphatic carbocycles. The Morgan fingerprint density at radius 1 is 0.425 bits per heavy atom. The van der Waals surface area contributed by atoms with E-state index in [0.29, 0.717) is 0 Å². The first-order valence-electron chi connectivity index (χ1n) is 24.2. The molecule has 9 heteroatoms. The SMILES string of the molecule is COc1c(C)cc(P(C2=C=C=C=C2[C@H](C2=C[CH]C=C[CH-]2)N(C)C)c2cc(C)c(OC)c(C)c2)cc1C.COc1c(C)cc(P(C2=C=C=C=C2[C@H](C2=C[CH]C=C[CH-]2)N(C)C)c2cc(C)c(OC)c(C)c2)cc1C.[Fe+2]. The van der Waals surface area contributed by atoms with Gasteiger partial charge in [-0.25, -0.2) is 0 Å². The van der Waals surface area contributed by atoms with Crippen molar-refractivity contribution >= 4 is 37.1 Å². The van der Waals surface area contributed by atoms with Crippen molar-refractivity contribution in [3.8, 4) is 23.0 Å². The summed E-state index contributed by atoms with van der Waals surface area (Å²) in [4.78, 5) is 4.49. The summed E-state index contributed by atoms with van der Waals surface area (Å²) in [5, 5.41) is 7.37. The normalized spacial score (nSPS) is 14.9. The van der Waals surface area contributed by atoms with Crippen LogP contribution in [0.25, 0.3) is 0 Å². The minimum Gasteiger partial charge on any atom is -0.496 e. The Morgan fingerprint density at radius 3 is 0.890 bits per heavy atom. The molecule has 4 aliphatic rings. The topological polar surface area (TPSA) is 43.4 Å². The molecule has 73 heavy (non-hydrogen) atoms. The number of allylic oxidation sites excluding steroid dienone is 6. The monoisotopic (exact) mass is 1050 g/mol.